The summed E-state index contributed by atoms with van der Waals surface area (Å²) < 4.78 is 0. The number of unbranched alkanes of at least 4 members (excludes halogenated alkanes) is 4. The maximum atomic E-state index is 11.8. The number of rotatable bonds is 5. The van der Waals surface area contributed by atoms with Gasteiger partial charge < -0.3 is 4.90 Å². The van der Waals surface area contributed by atoms with Crippen LogP contribution in [-0.4, -0.2) is 13.0 Å². The number of amides is 1. The third-order valence-electron chi connectivity index (χ3n) is 2.80. The number of hydrogen-bond acceptors (Lipinski definition) is 1. The molecule has 0 aromatic heterocycles. The molecule has 18 heavy (non-hydrogen) atoms. The van der Waals surface area contributed by atoms with Crippen molar-refractivity contribution in [2.24, 2.45) is 0 Å². The first kappa shape index (κ1) is 14.3. The van der Waals surface area contributed by atoms with E-state index in [-0.39, 0.29) is 5.91 Å². The van der Waals surface area contributed by atoms with Gasteiger partial charge in [0.05, 0.1) is 0 Å². The molecule has 0 unspecified atom stereocenters. The number of para-hydroxylation sites is 1. The lowest BCUT2D eigenvalue weighted by molar-refractivity contribution is -0.113. The van der Waals surface area contributed by atoms with Crippen LogP contribution < -0.4 is 4.90 Å². The summed E-state index contributed by atoms with van der Waals surface area (Å²) in [5.74, 6) is 5.51. The molecular formula is C16H21NO. The van der Waals surface area contributed by atoms with Gasteiger partial charge >= 0.3 is 5.91 Å². The molecule has 0 spiro atoms. The zero-order valence-electron chi connectivity index (χ0n) is 11.3. The molecule has 1 aromatic carbocycles. The first-order valence-corrected chi connectivity index (χ1v) is 6.57. The van der Waals surface area contributed by atoms with Crippen molar-refractivity contribution in [3.05, 3.63) is 30.3 Å². The highest BCUT2D eigenvalue weighted by Gasteiger charge is 2.06. The second kappa shape index (κ2) is 8.36. The monoisotopic (exact) mass is 243 g/mol. The molecule has 0 saturated heterocycles. The number of benzene rings is 1. The Balaban J connectivity index is 2.39. The lowest BCUT2D eigenvalue weighted by Crippen LogP contribution is -2.24. The van der Waals surface area contributed by atoms with Crippen molar-refractivity contribution in [3.8, 4) is 11.8 Å². The molecule has 0 bridgehead atoms. The van der Waals surface area contributed by atoms with E-state index in [0.717, 1.165) is 18.5 Å². The number of carbonyl (C=O) groups is 1. The number of hydrogen-bond donors (Lipinski definition) is 0. The van der Waals surface area contributed by atoms with Gasteiger partial charge in [-0.25, -0.2) is 0 Å². The van der Waals surface area contributed by atoms with Gasteiger partial charge in [0.25, 0.3) is 0 Å². The molecule has 1 aromatic rings. The zero-order valence-corrected chi connectivity index (χ0v) is 11.3. The van der Waals surface area contributed by atoms with Crippen molar-refractivity contribution in [3.63, 3.8) is 0 Å². The summed E-state index contributed by atoms with van der Waals surface area (Å²) >= 11 is 0. The Morgan fingerprint density at radius 2 is 1.89 bits per heavy atom. The fraction of sp³-hybridized carbons (Fsp3) is 0.438. The highest BCUT2D eigenvalue weighted by Crippen LogP contribution is 2.10. The Morgan fingerprint density at radius 3 is 2.56 bits per heavy atom. The van der Waals surface area contributed by atoms with Gasteiger partial charge in [-0.05, 0) is 24.5 Å². The smallest absolute Gasteiger partial charge is 0.302 e. The van der Waals surface area contributed by atoms with E-state index in [2.05, 4.69) is 18.8 Å². The molecule has 0 aliphatic rings. The van der Waals surface area contributed by atoms with Gasteiger partial charge in [0.1, 0.15) is 0 Å². The van der Waals surface area contributed by atoms with Crippen molar-refractivity contribution < 1.29 is 4.79 Å². The minimum Gasteiger partial charge on any atom is -0.305 e. The summed E-state index contributed by atoms with van der Waals surface area (Å²) in [6.07, 6.45) is 5.58. The SMILES string of the molecule is CCCCCCC#CC(=O)N(C)c1ccccc1. The molecule has 0 saturated carbocycles. The van der Waals surface area contributed by atoms with Crippen LogP contribution in [0.25, 0.3) is 0 Å². The Labute approximate surface area is 110 Å². The lowest BCUT2D eigenvalue weighted by Gasteiger charge is -2.13. The molecule has 0 N–H and O–H groups in total. The third kappa shape index (κ3) is 5.05. The maximum absolute atomic E-state index is 11.8. The van der Waals surface area contributed by atoms with Crippen LogP contribution in [0.15, 0.2) is 30.3 Å². The maximum Gasteiger partial charge on any atom is 0.302 e. The molecule has 0 aliphatic heterocycles. The van der Waals surface area contributed by atoms with Crippen LogP contribution in [0.3, 0.4) is 0 Å². The number of carbonyl (C=O) groups excluding carboxylic acids is 1. The van der Waals surface area contributed by atoms with Crippen LogP contribution in [0.1, 0.15) is 39.0 Å². The van der Waals surface area contributed by atoms with Crippen LogP contribution in [0.5, 0.6) is 0 Å². The van der Waals surface area contributed by atoms with Crippen LogP contribution in [0, 0.1) is 11.8 Å². The average molecular weight is 243 g/mol. The molecule has 2 nitrogen and oxygen atoms in total. The Hall–Kier alpha value is -1.75. The normalized spacial score (nSPS) is 9.44. The Morgan fingerprint density at radius 1 is 1.17 bits per heavy atom. The van der Waals surface area contributed by atoms with E-state index in [1.165, 1.54) is 19.3 Å². The van der Waals surface area contributed by atoms with E-state index in [4.69, 9.17) is 0 Å². The van der Waals surface area contributed by atoms with E-state index in [9.17, 15) is 4.79 Å². The van der Waals surface area contributed by atoms with Gasteiger partial charge in [0.2, 0.25) is 0 Å². The molecule has 0 aliphatic carbocycles. The third-order valence-corrected chi connectivity index (χ3v) is 2.80. The lowest BCUT2D eigenvalue weighted by atomic mass is 10.1. The molecule has 0 radical (unpaired) electrons. The van der Waals surface area contributed by atoms with Crippen molar-refractivity contribution in [2.75, 3.05) is 11.9 Å². The van der Waals surface area contributed by atoms with E-state index in [0.29, 0.717) is 0 Å². The molecule has 0 atom stereocenters. The topological polar surface area (TPSA) is 20.3 Å². The minimum absolute atomic E-state index is 0.142. The summed E-state index contributed by atoms with van der Waals surface area (Å²) in [6, 6.07) is 9.57. The average Bonchev–Trinajstić information content (AvgIpc) is 2.42. The molecule has 1 rings (SSSR count). The van der Waals surface area contributed by atoms with Crippen LogP contribution in [0.2, 0.25) is 0 Å². The Kier molecular flexibility index (Phi) is 6.64. The quantitative estimate of drug-likeness (QED) is 0.571. The van der Waals surface area contributed by atoms with Gasteiger partial charge in [-0.2, -0.15) is 0 Å². The molecule has 2 heteroatoms. The molecule has 0 heterocycles. The standard InChI is InChI=1S/C16H21NO/c1-3-4-5-6-7-11-14-16(18)17(2)15-12-9-8-10-13-15/h8-10,12-13H,3-7H2,1-2H3. The Bertz CT molecular complexity index is 414. The van der Waals surface area contributed by atoms with Crippen molar-refractivity contribution in [2.45, 2.75) is 39.0 Å². The fourth-order valence-electron chi connectivity index (χ4n) is 1.63. The van der Waals surface area contributed by atoms with Crippen molar-refractivity contribution >= 4 is 11.6 Å². The largest absolute Gasteiger partial charge is 0.305 e. The summed E-state index contributed by atoms with van der Waals surface area (Å²) in [6.45, 7) is 2.18. The minimum atomic E-state index is -0.142. The highest BCUT2D eigenvalue weighted by atomic mass is 16.2. The summed E-state index contributed by atoms with van der Waals surface area (Å²) in [5.41, 5.74) is 0.878. The first-order valence-electron chi connectivity index (χ1n) is 6.57. The fourth-order valence-corrected chi connectivity index (χ4v) is 1.63. The van der Waals surface area contributed by atoms with Crippen LogP contribution >= 0.6 is 0 Å². The molecular weight excluding hydrogens is 222 g/mol. The van der Waals surface area contributed by atoms with Gasteiger partial charge in [-0.3, -0.25) is 4.79 Å². The van der Waals surface area contributed by atoms with Crippen molar-refractivity contribution in [1.82, 2.24) is 0 Å². The van der Waals surface area contributed by atoms with E-state index >= 15 is 0 Å². The number of anilines is 1. The van der Waals surface area contributed by atoms with E-state index in [1.807, 2.05) is 30.3 Å². The summed E-state index contributed by atoms with van der Waals surface area (Å²) in [7, 11) is 1.75. The van der Waals surface area contributed by atoms with Crippen LogP contribution in [-0.2, 0) is 4.79 Å². The summed E-state index contributed by atoms with van der Waals surface area (Å²) in [5, 5.41) is 0. The van der Waals surface area contributed by atoms with Crippen LogP contribution in [0.4, 0.5) is 5.69 Å². The first-order chi connectivity index (χ1) is 8.75. The second-order valence-electron chi connectivity index (χ2n) is 4.31. The van der Waals surface area contributed by atoms with Crippen molar-refractivity contribution in [1.29, 1.82) is 0 Å². The predicted octanol–water partition coefficient (Wildman–Crippen LogP) is 3.62. The highest BCUT2D eigenvalue weighted by molar-refractivity contribution is 6.05. The summed E-state index contributed by atoms with van der Waals surface area (Å²) in [4.78, 5) is 13.4. The zero-order chi connectivity index (χ0) is 13.2. The van der Waals surface area contributed by atoms with Gasteiger partial charge in [-0.15, -0.1) is 0 Å². The van der Waals surface area contributed by atoms with Gasteiger partial charge in [-0.1, -0.05) is 50.3 Å². The molecule has 0 fully saturated rings. The predicted molar refractivity (Wildman–Crippen MR) is 76.4 cm³/mol. The van der Waals surface area contributed by atoms with E-state index in [1.54, 1.807) is 11.9 Å². The molecule has 96 valence electrons. The molecule has 1 amide bonds. The van der Waals surface area contributed by atoms with Gasteiger partial charge in [0.15, 0.2) is 0 Å². The number of nitrogens with zero attached hydrogens (tertiary/aromatic N) is 1. The van der Waals surface area contributed by atoms with E-state index < -0.39 is 0 Å². The van der Waals surface area contributed by atoms with Gasteiger partial charge in [0, 0.05) is 19.2 Å². The second-order valence-corrected chi connectivity index (χ2v) is 4.31.